The molecule has 0 aliphatic heterocycles. The van der Waals surface area contributed by atoms with Crippen LogP contribution >= 0.6 is 0 Å². The number of nitrogens with one attached hydrogen (secondary N) is 2. The second-order valence-corrected chi connectivity index (χ2v) is 7.44. The van der Waals surface area contributed by atoms with Crippen molar-refractivity contribution in [3.05, 3.63) is 35.9 Å². The van der Waals surface area contributed by atoms with Crippen LogP contribution in [0, 0.1) is 17.8 Å². The number of rotatable bonds is 7. The monoisotopic (exact) mass is 344 g/mol. The topological polar surface area (TPSA) is 58.2 Å². The Balaban J connectivity index is 1.97. The van der Waals surface area contributed by atoms with Crippen LogP contribution in [0.1, 0.15) is 58.4 Å². The highest BCUT2D eigenvalue weighted by molar-refractivity contribution is 5.88. The molecular weight excluding hydrogens is 312 g/mol. The average molecular weight is 344 g/mol. The van der Waals surface area contributed by atoms with Crippen LogP contribution in [0.5, 0.6) is 0 Å². The second kappa shape index (κ2) is 9.59. The summed E-state index contributed by atoms with van der Waals surface area (Å²) in [5, 5.41) is 6.03. The smallest absolute Gasteiger partial charge is 0.243 e. The molecule has 1 aliphatic carbocycles. The predicted molar refractivity (Wildman–Crippen MR) is 101 cm³/mol. The van der Waals surface area contributed by atoms with Crippen LogP contribution in [0.3, 0.4) is 0 Å². The maximum absolute atomic E-state index is 12.7. The van der Waals surface area contributed by atoms with Gasteiger partial charge in [-0.25, -0.2) is 0 Å². The van der Waals surface area contributed by atoms with Crippen molar-refractivity contribution in [3.8, 4) is 0 Å². The summed E-state index contributed by atoms with van der Waals surface area (Å²) in [5.74, 6) is 0.516. The summed E-state index contributed by atoms with van der Waals surface area (Å²) in [4.78, 5) is 25.4. The summed E-state index contributed by atoms with van der Waals surface area (Å²) >= 11 is 0. The molecule has 2 amide bonds. The largest absolute Gasteiger partial charge is 0.350 e. The van der Waals surface area contributed by atoms with E-state index in [4.69, 9.17) is 0 Å². The molecule has 1 aromatic rings. The van der Waals surface area contributed by atoms with E-state index in [1.165, 1.54) is 6.42 Å². The second-order valence-electron chi connectivity index (χ2n) is 7.44. The van der Waals surface area contributed by atoms with Gasteiger partial charge in [-0.1, -0.05) is 70.4 Å². The molecule has 2 N–H and O–H groups in total. The fourth-order valence-electron chi connectivity index (χ4n) is 3.56. The first-order chi connectivity index (χ1) is 12.0. The summed E-state index contributed by atoms with van der Waals surface area (Å²) in [6.07, 6.45) is 5.20. The van der Waals surface area contributed by atoms with E-state index in [1.54, 1.807) is 0 Å². The number of carbonyl (C=O) groups excluding carboxylic acids is 2. The SMILES string of the molecule is CCC(C)C(NC(=O)C1CCCCC1C)C(=O)NCc1ccccc1. The van der Waals surface area contributed by atoms with Crippen molar-refractivity contribution in [3.63, 3.8) is 0 Å². The summed E-state index contributed by atoms with van der Waals surface area (Å²) < 4.78 is 0. The fourth-order valence-corrected chi connectivity index (χ4v) is 3.56. The molecule has 0 spiro atoms. The molecule has 1 aromatic carbocycles. The quantitative estimate of drug-likeness (QED) is 0.793. The van der Waals surface area contributed by atoms with Crippen LogP contribution in [0.15, 0.2) is 30.3 Å². The van der Waals surface area contributed by atoms with Crippen molar-refractivity contribution in [2.24, 2.45) is 17.8 Å². The Hall–Kier alpha value is -1.84. The zero-order valence-electron chi connectivity index (χ0n) is 15.8. The minimum absolute atomic E-state index is 0.0437. The maximum Gasteiger partial charge on any atom is 0.243 e. The molecule has 2 rings (SSSR count). The molecule has 1 fully saturated rings. The van der Waals surface area contributed by atoms with Gasteiger partial charge in [0.2, 0.25) is 11.8 Å². The standard InChI is InChI=1S/C21H32N2O2/c1-4-15(2)19(21(25)22-14-17-11-6-5-7-12-17)23-20(24)18-13-9-8-10-16(18)3/h5-7,11-12,15-16,18-19H,4,8-10,13-14H2,1-3H3,(H,22,25)(H,23,24). The van der Waals surface area contributed by atoms with E-state index < -0.39 is 6.04 Å². The zero-order chi connectivity index (χ0) is 18.2. The lowest BCUT2D eigenvalue weighted by atomic mass is 9.79. The van der Waals surface area contributed by atoms with Gasteiger partial charge in [0.15, 0.2) is 0 Å². The lowest BCUT2D eigenvalue weighted by molar-refractivity contribution is -0.134. The van der Waals surface area contributed by atoms with Crippen molar-refractivity contribution in [2.75, 3.05) is 0 Å². The van der Waals surface area contributed by atoms with E-state index in [9.17, 15) is 9.59 Å². The van der Waals surface area contributed by atoms with E-state index >= 15 is 0 Å². The summed E-state index contributed by atoms with van der Waals surface area (Å²) in [6.45, 7) is 6.72. The Bertz CT molecular complexity index is 558. The molecule has 138 valence electrons. The number of carbonyl (C=O) groups is 2. The van der Waals surface area contributed by atoms with Crippen molar-refractivity contribution >= 4 is 11.8 Å². The first kappa shape index (κ1) is 19.5. The first-order valence-electron chi connectivity index (χ1n) is 9.65. The van der Waals surface area contributed by atoms with Crippen LogP contribution in [-0.2, 0) is 16.1 Å². The zero-order valence-corrected chi connectivity index (χ0v) is 15.8. The van der Waals surface area contributed by atoms with Crippen molar-refractivity contribution < 1.29 is 9.59 Å². The van der Waals surface area contributed by atoms with Crippen molar-refractivity contribution in [1.82, 2.24) is 10.6 Å². The molecule has 4 heteroatoms. The molecule has 4 unspecified atom stereocenters. The normalized spacial score (nSPS) is 22.7. The Labute approximate surface area is 151 Å². The lowest BCUT2D eigenvalue weighted by Gasteiger charge is -2.31. The Kier molecular flexibility index (Phi) is 7.48. The Morgan fingerprint density at radius 3 is 2.48 bits per heavy atom. The minimum atomic E-state index is -0.463. The van der Waals surface area contributed by atoms with Gasteiger partial charge in [-0.2, -0.15) is 0 Å². The van der Waals surface area contributed by atoms with E-state index in [1.807, 2.05) is 37.3 Å². The third-order valence-electron chi connectivity index (χ3n) is 5.55. The van der Waals surface area contributed by atoms with Crippen LogP contribution in [0.2, 0.25) is 0 Å². The Morgan fingerprint density at radius 1 is 1.16 bits per heavy atom. The molecule has 0 aromatic heterocycles. The highest BCUT2D eigenvalue weighted by atomic mass is 16.2. The first-order valence-corrected chi connectivity index (χ1v) is 9.65. The highest BCUT2D eigenvalue weighted by Crippen LogP contribution is 2.29. The number of benzene rings is 1. The molecule has 1 aliphatic rings. The van der Waals surface area contributed by atoms with Gasteiger partial charge in [0, 0.05) is 12.5 Å². The Morgan fingerprint density at radius 2 is 1.84 bits per heavy atom. The van der Waals surface area contributed by atoms with E-state index in [2.05, 4.69) is 24.5 Å². The van der Waals surface area contributed by atoms with Gasteiger partial charge in [0.05, 0.1) is 0 Å². The molecule has 0 radical (unpaired) electrons. The highest BCUT2D eigenvalue weighted by Gasteiger charge is 2.32. The molecule has 0 saturated heterocycles. The number of hydrogen-bond acceptors (Lipinski definition) is 2. The van der Waals surface area contributed by atoms with Gasteiger partial charge in [-0.3, -0.25) is 9.59 Å². The molecule has 0 bridgehead atoms. The molecule has 4 atom stereocenters. The average Bonchev–Trinajstić information content (AvgIpc) is 2.64. The van der Waals surface area contributed by atoms with E-state index in [-0.39, 0.29) is 23.7 Å². The van der Waals surface area contributed by atoms with Crippen LogP contribution in [0.4, 0.5) is 0 Å². The summed E-state index contributed by atoms with van der Waals surface area (Å²) in [5.41, 5.74) is 1.06. The predicted octanol–water partition coefficient (Wildman–Crippen LogP) is 3.66. The van der Waals surface area contributed by atoms with Crippen LogP contribution in [-0.4, -0.2) is 17.9 Å². The molecule has 25 heavy (non-hydrogen) atoms. The minimum Gasteiger partial charge on any atom is -0.350 e. The van der Waals surface area contributed by atoms with Crippen molar-refractivity contribution in [1.29, 1.82) is 0 Å². The molecule has 4 nitrogen and oxygen atoms in total. The van der Waals surface area contributed by atoms with Gasteiger partial charge < -0.3 is 10.6 Å². The maximum atomic E-state index is 12.7. The third kappa shape index (κ3) is 5.58. The van der Waals surface area contributed by atoms with Gasteiger partial charge in [0.25, 0.3) is 0 Å². The molecule has 1 saturated carbocycles. The van der Waals surface area contributed by atoms with Crippen LogP contribution in [0.25, 0.3) is 0 Å². The fraction of sp³-hybridized carbons (Fsp3) is 0.619. The van der Waals surface area contributed by atoms with E-state index in [0.717, 1.165) is 31.2 Å². The van der Waals surface area contributed by atoms with E-state index in [0.29, 0.717) is 12.5 Å². The van der Waals surface area contributed by atoms with Gasteiger partial charge in [-0.15, -0.1) is 0 Å². The number of hydrogen-bond donors (Lipinski definition) is 2. The van der Waals surface area contributed by atoms with Gasteiger partial charge in [-0.05, 0) is 30.2 Å². The molecule has 0 heterocycles. The third-order valence-corrected chi connectivity index (χ3v) is 5.55. The number of amides is 2. The van der Waals surface area contributed by atoms with Gasteiger partial charge in [0.1, 0.15) is 6.04 Å². The summed E-state index contributed by atoms with van der Waals surface area (Å²) in [7, 11) is 0. The summed E-state index contributed by atoms with van der Waals surface area (Å²) in [6, 6.07) is 9.38. The lowest BCUT2D eigenvalue weighted by Crippen LogP contribution is -2.52. The van der Waals surface area contributed by atoms with Crippen LogP contribution < -0.4 is 10.6 Å². The van der Waals surface area contributed by atoms with Crippen molar-refractivity contribution in [2.45, 2.75) is 65.5 Å². The van der Waals surface area contributed by atoms with Gasteiger partial charge >= 0.3 is 0 Å². The molecular formula is C21H32N2O2.